The third kappa shape index (κ3) is 6.07. The van der Waals surface area contributed by atoms with E-state index in [0.717, 1.165) is 31.0 Å². The molecule has 6 nitrogen and oxygen atoms in total. The highest BCUT2D eigenvalue weighted by molar-refractivity contribution is 6.33. The van der Waals surface area contributed by atoms with E-state index in [-0.39, 0.29) is 16.6 Å². The molecule has 0 bridgehead atoms. The van der Waals surface area contributed by atoms with Crippen molar-refractivity contribution in [3.05, 3.63) is 28.8 Å². The number of anilines is 1. The van der Waals surface area contributed by atoms with Gasteiger partial charge >= 0.3 is 6.18 Å². The van der Waals surface area contributed by atoms with E-state index in [1.165, 1.54) is 0 Å². The number of hydrogen-bond donors (Lipinski definition) is 2. The Hall–Kier alpha value is -1.84. The molecule has 1 aliphatic carbocycles. The second kappa shape index (κ2) is 8.89. The lowest BCUT2D eigenvalue weighted by atomic mass is 10.1. The van der Waals surface area contributed by atoms with Crippen LogP contribution in [0.2, 0.25) is 5.02 Å². The first-order valence-corrected chi connectivity index (χ1v) is 9.94. The number of hydrogen-bond acceptors (Lipinski definition) is 4. The molecule has 1 heterocycles. The van der Waals surface area contributed by atoms with E-state index in [0.29, 0.717) is 38.8 Å². The van der Waals surface area contributed by atoms with Crippen LogP contribution in [-0.2, 0) is 15.8 Å². The summed E-state index contributed by atoms with van der Waals surface area (Å²) in [5, 5.41) is 5.50. The van der Waals surface area contributed by atoms with Gasteiger partial charge in [-0.1, -0.05) is 11.6 Å². The van der Waals surface area contributed by atoms with Crippen molar-refractivity contribution in [2.24, 2.45) is 0 Å². The molecule has 29 heavy (non-hydrogen) atoms. The van der Waals surface area contributed by atoms with Gasteiger partial charge in [-0.15, -0.1) is 0 Å². The molecule has 1 aliphatic heterocycles. The van der Waals surface area contributed by atoms with E-state index in [9.17, 15) is 22.8 Å². The van der Waals surface area contributed by atoms with Gasteiger partial charge in [-0.3, -0.25) is 19.4 Å². The Bertz CT molecular complexity index is 762. The number of nitrogens with zero attached hydrogens (tertiary/aromatic N) is 2. The van der Waals surface area contributed by atoms with Gasteiger partial charge in [-0.05, 0) is 38.0 Å². The summed E-state index contributed by atoms with van der Waals surface area (Å²) in [4.78, 5) is 28.4. The van der Waals surface area contributed by atoms with Crippen molar-refractivity contribution in [1.29, 1.82) is 0 Å². The van der Waals surface area contributed by atoms with Gasteiger partial charge in [0.25, 0.3) is 0 Å². The van der Waals surface area contributed by atoms with E-state index < -0.39 is 23.7 Å². The smallest absolute Gasteiger partial charge is 0.352 e. The normalized spacial score (nSPS) is 19.6. The SMILES string of the molecule is C[C@@H](C(=O)Nc1cc(C(F)(F)F)ccc1Cl)N1CCN(CC(=O)NC2CC2)CC1. The van der Waals surface area contributed by atoms with Gasteiger partial charge in [0.15, 0.2) is 0 Å². The van der Waals surface area contributed by atoms with Crippen LogP contribution in [0.15, 0.2) is 18.2 Å². The second-order valence-corrected chi connectivity index (χ2v) is 7.92. The topological polar surface area (TPSA) is 64.7 Å². The average molecular weight is 433 g/mol. The van der Waals surface area contributed by atoms with Crippen LogP contribution in [0.5, 0.6) is 0 Å². The van der Waals surface area contributed by atoms with E-state index in [1.54, 1.807) is 6.92 Å². The third-order valence-electron chi connectivity index (χ3n) is 5.20. The van der Waals surface area contributed by atoms with Crippen LogP contribution in [0, 0.1) is 0 Å². The lowest BCUT2D eigenvalue weighted by Gasteiger charge is -2.37. The largest absolute Gasteiger partial charge is 0.416 e. The van der Waals surface area contributed by atoms with Crippen molar-refractivity contribution in [2.45, 2.75) is 38.0 Å². The molecule has 0 radical (unpaired) electrons. The van der Waals surface area contributed by atoms with Crippen molar-refractivity contribution < 1.29 is 22.8 Å². The number of carbonyl (C=O) groups is 2. The fourth-order valence-corrected chi connectivity index (χ4v) is 3.38. The Morgan fingerprint density at radius 1 is 1.21 bits per heavy atom. The summed E-state index contributed by atoms with van der Waals surface area (Å²) in [6, 6.07) is 2.62. The monoisotopic (exact) mass is 432 g/mol. The third-order valence-corrected chi connectivity index (χ3v) is 5.52. The average Bonchev–Trinajstić information content (AvgIpc) is 3.46. The van der Waals surface area contributed by atoms with E-state index in [4.69, 9.17) is 11.6 Å². The highest BCUT2D eigenvalue weighted by atomic mass is 35.5. The van der Waals surface area contributed by atoms with Gasteiger partial charge in [0.2, 0.25) is 11.8 Å². The molecule has 2 amide bonds. The van der Waals surface area contributed by atoms with Gasteiger partial charge in [0, 0.05) is 32.2 Å². The van der Waals surface area contributed by atoms with Gasteiger partial charge in [0.1, 0.15) is 0 Å². The molecular weight excluding hydrogens is 409 g/mol. The van der Waals surface area contributed by atoms with Crippen LogP contribution in [-0.4, -0.2) is 66.4 Å². The van der Waals surface area contributed by atoms with Crippen LogP contribution < -0.4 is 10.6 Å². The van der Waals surface area contributed by atoms with E-state index in [2.05, 4.69) is 10.6 Å². The first kappa shape index (κ1) is 21.9. The quantitative estimate of drug-likeness (QED) is 0.725. The summed E-state index contributed by atoms with van der Waals surface area (Å²) < 4.78 is 38.7. The van der Waals surface area contributed by atoms with Crippen molar-refractivity contribution in [1.82, 2.24) is 15.1 Å². The molecule has 2 fully saturated rings. The molecule has 1 saturated carbocycles. The molecule has 1 atom stereocenters. The molecular formula is C19H24ClF3N4O2. The fourth-order valence-electron chi connectivity index (χ4n) is 3.21. The maximum Gasteiger partial charge on any atom is 0.416 e. The molecule has 0 aromatic heterocycles. The van der Waals surface area contributed by atoms with Gasteiger partial charge in [-0.2, -0.15) is 13.2 Å². The zero-order valence-corrected chi connectivity index (χ0v) is 16.8. The predicted molar refractivity (Wildman–Crippen MR) is 104 cm³/mol. The lowest BCUT2D eigenvalue weighted by Crippen LogP contribution is -2.54. The van der Waals surface area contributed by atoms with Crippen LogP contribution >= 0.6 is 11.6 Å². The molecule has 3 rings (SSSR count). The van der Waals surface area contributed by atoms with Gasteiger partial charge in [-0.25, -0.2) is 0 Å². The number of benzene rings is 1. The number of amides is 2. The molecule has 10 heteroatoms. The summed E-state index contributed by atoms with van der Waals surface area (Å²) in [7, 11) is 0. The number of halogens is 4. The van der Waals surface area contributed by atoms with Gasteiger partial charge < -0.3 is 10.6 Å². The minimum absolute atomic E-state index is 0.0194. The molecule has 2 aliphatic rings. The van der Waals surface area contributed by atoms with Crippen LogP contribution in [0.1, 0.15) is 25.3 Å². The summed E-state index contributed by atoms with van der Waals surface area (Å²) in [5.74, 6) is -0.405. The highest BCUT2D eigenvalue weighted by Gasteiger charge is 2.32. The van der Waals surface area contributed by atoms with E-state index in [1.807, 2.05) is 9.80 Å². The Kier molecular flexibility index (Phi) is 6.70. The maximum atomic E-state index is 12.9. The minimum Gasteiger partial charge on any atom is -0.352 e. The molecule has 1 aromatic carbocycles. The highest BCUT2D eigenvalue weighted by Crippen LogP contribution is 2.34. The summed E-state index contributed by atoms with van der Waals surface area (Å²) in [6.07, 6.45) is -2.43. The first-order chi connectivity index (χ1) is 13.6. The summed E-state index contributed by atoms with van der Waals surface area (Å²) >= 11 is 5.95. The lowest BCUT2D eigenvalue weighted by molar-refractivity contribution is -0.137. The van der Waals surface area contributed by atoms with Crippen molar-refractivity contribution in [3.63, 3.8) is 0 Å². The number of carbonyl (C=O) groups excluding carboxylic acids is 2. The zero-order valence-electron chi connectivity index (χ0n) is 16.1. The van der Waals surface area contributed by atoms with Crippen molar-refractivity contribution in [3.8, 4) is 0 Å². The summed E-state index contributed by atoms with van der Waals surface area (Å²) in [6.45, 7) is 4.49. The first-order valence-electron chi connectivity index (χ1n) is 9.57. The number of alkyl halides is 3. The Balaban J connectivity index is 1.51. The minimum atomic E-state index is -4.52. The fraction of sp³-hybridized carbons (Fsp3) is 0.579. The summed E-state index contributed by atoms with van der Waals surface area (Å²) in [5.41, 5.74) is -0.934. The number of piperazine rings is 1. The van der Waals surface area contributed by atoms with Crippen LogP contribution in [0.3, 0.4) is 0 Å². The van der Waals surface area contributed by atoms with Gasteiger partial charge in [0.05, 0.1) is 28.9 Å². The zero-order chi connectivity index (χ0) is 21.2. The number of rotatable bonds is 6. The number of nitrogens with one attached hydrogen (secondary N) is 2. The Morgan fingerprint density at radius 3 is 2.45 bits per heavy atom. The molecule has 1 saturated heterocycles. The van der Waals surface area contributed by atoms with Crippen LogP contribution in [0.25, 0.3) is 0 Å². The Morgan fingerprint density at radius 2 is 1.86 bits per heavy atom. The molecule has 2 N–H and O–H groups in total. The van der Waals surface area contributed by atoms with E-state index >= 15 is 0 Å². The second-order valence-electron chi connectivity index (χ2n) is 7.51. The van der Waals surface area contributed by atoms with Crippen molar-refractivity contribution >= 4 is 29.1 Å². The van der Waals surface area contributed by atoms with Crippen LogP contribution in [0.4, 0.5) is 18.9 Å². The molecule has 0 unspecified atom stereocenters. The maximum absolute atomic E-state index is 12.9. The molecule has 1 aromatic rings. The Labute approximate surface area is 172 Å². The standard InChI is InChI=1S/C19H24ClF3N4O2/c1-12(18(29)25-16-10-13(19(21,22)23)2-5-15(16)20)27-8-6-26(7-9-27)11-17(28)24-14-3-4-14/h2,5,10,12,14H,3-4,6-9,11H2,1H3,(H,24,28)(H,25,29)/t12-/m0/s1. The molecule has 160 valence electrons. The van der Waals surface area contributed by atoms with Crippen molar-refractivity contribution in [2.75, 3.05) is 38.0 Å². The molecule has 0 spiro atoms. The predicted octanol–water partition coefficient (Wildman–Crippen LogP) is 2.58.